The zero-order valence-corrected chi connectivity index (χ0v) is 10.5. The normalized spacial score (nSPS) is 19.7. The summed E-state index contributed by atoms with van der Waals surface area (Å²) in [6.45, 7) is 7.59. The van der Waals surface area contributed by atoms with Gasteiger partial charge < -0.3 is 9.88 Å². The highest BCUT2D eigenvalue weighted by Gasteiger charge is 2.26. The Kier molecular flexibility index (Phi) is 3.59. The van der Waals surface area contributed by atoms with Crippen LogP contribution in [-0.2, 0) is 6.54 Å². The number of hydrogen-bond acceptors (Lipinski definition) is 3. The van der Waals surface area contributed by atoms with E-state index in [1.54, 1.807) is 0 Å². The summed E-state index contributed by atoms with van der Waals surface area (Å²) in [6.07, 6.45) is 5.64. The molecule has 0 bridgehead atoms. The highest BCUT2D eigenvalue weighted by molar-refractivity contribution is 4.94. The molecule has 0 saturated heterocycles. The molecular formula is C12H22N4. The van der Waals surface area contributed by atoms with E-state index in [0.29, 0.717) is 18.0 Å². The van der Waals surface area contributed by atoms with Crippen molar-refractivity contribution in [3.05, 3.63) is 12.2 Å². The molecule has 1 fully saturated rings. The quantitative estimate of drug-likeness (QED) is 0.802. The van der Waals surface area contributed by atoms with Gasteiger partial charge in [0.25, 0.3) is 0 Å². The van der Waals surface area contributed by atoms with Crippen LogP contribution in [0.5, 0.6) is 0 Å². The molecule has 1 aromatic heterocycles. The van der Waals surface area contributed by atoms with Gasteiger partial charge in [-0.3, -0.25) is 0 Å². The lowest BCUT2D eigenvalue weighted by Crippen LogP contribution is -2.32. The lowest BCUT2D eigenvalue weighted by Gasteiger charge is -2.19. The Balaban J connectivity index is 1.86. The zero-order valence-electron chi connectivity index (χ0n) is 10.5. The summed E-state index contributed by atoms with van der Waals surface area (Å²) in [6, 6.07) is 1.21. The van der Waals surface area contributed by atoms with E-state index in [1.165, 1.54) is 19.3 Å². The molecule has 1 aromatic rings. The maximum absolute atomic E-state index is 4.19. The Labute approximate surface area is 97.5 Å². The third-order valence-corrected chi connectivity index (χ3v) is 3.67. The van der Waals surface area contributed by atoms with Crippen molar-refractivity contribution in [2.75, 3.05) is 0 Å². The molecular weight excluding hydrogens is 200 g/mol. The van der Waals surface area contributed by atoms with Crippen molar-refractivity contribution < 1.29 is 0 Å². The van der Waals surface area contributed by atoms with Crippen LogP contribution in [0.4, 0.5) is 0 Å². The summed E-state index contributed by atoms with van der Waals surface area (Å²) in [7, 11) is 0. The van der Waals surface area contributed by atoms with Gasteiger partial charge in [-0.1, -0.05) is 20.3 Å². The van der Waals surface area contributed by atoms with Crippen LogP contribution in [-0.4, -0.2) is 20.8 Å². The van der Waals surface area contributed by atoms with Gasteiger partial charge in [0.1, 0.15) is 12.2 Å². The Bertz CT molecular complexity index is 330. The maximum atomic E-state index is 4.19. The van der Waals surface area contributed by atoms with Gasteiger partial charge in [-0.2, -0.15) is 0 Å². The summed E-state index contributed by atoms with van der Waals surface area (Å²) in [4.78, 5) is 0. The number of nitrogens with zero attached hydrogens (tertiary/aromatic N) is 3. The second-order valence-corrected chi connectivity index (χ2v) is 4.94. The molecule has 1 aliphatic rings. The van der Waals surface area contributed by atoms with Gasteiger partial charge in [0.15, 0.2) is 0 Å². The van der Waals surface area contributed by atoms with Gasteiger partial charge in [-0.05, 0) is 25.7 Å². The fourth-order valence-corrected chi connectivity index (χ4v) is 1.86. The van der Waals surface area contributed by atoms with Gasteiger partial charge in [0.2, 0.25) is 0 Å². The molecule has 2 unspecified atom stereocenters. The molecule has 0 radical (unpaired) electrons. The molecule has 0 amide bonds. The molecule has 90 valence electrons. The third-order valence-electron chi connectivity index (χ3n) is 3.67. The van der Waals surface area contributed by atoms with Crippen molar-refractivity contribution in [3.63, 3.8) is 0 Å². The van der Waals surface area contributed by atoms with E-state index in [-0.39, 0.29) is 0 Å². The van der Waals surface area contributed by atoms with E-state index >= 15 is 0 Å². The van der Waals surface area contributed by atoms with Crippen LogP contribution in [0.3, 0.4) is 0 Å². The summed E-state index contributed by atoms with van der Waals surface area (Å²) in [5, 5.41) is 11.7. The standard InChI is InChI=1S/C12H22N4/c1-4-9(2)10(3)13-7-12-15-14-8-16(12)11-5-6-11/h8-11,13H,4-7H2,1-3H3. The van der Waals surface area contributed by atoms with Gasteiger partial charge in [0, 0.05) is 12.1 Å². The molecule has 2 rings (SSSR count). The van der Waals surface area contributed by atoms with E-state index in [4.69, 9.17) is 0 Å². The SMILES string of the molecule is CCC(C)C(C)NCc1nncn1C1CC1. The smallest absolute Gasteiger partial charge is 0.147 e. The Morgan fingerprint density at radius 3 is 2.88 bits per heavy atom. The van der Waals surface area contributed by atoms with E-state index in [2.05, 4.69) is 40.9 Å². The first-order chi connectivity index (χ1) is 7.72. The van der Waals surface area contributed by atoms with E-state index in [9.17, 15) is 0 Å². The molecule has 2 atom stereocenters. The predicted molar refractivity (Wildman–Crippen MR) is 64.0 cm³/mol. The molecule has 1 heterocycles. The van der Waals surface area contributed by atoms with Gasteiger partial charge in [-0.25, -0.2) is 0 Å². The summed E-state index contributed by atoms with van der Waals surface area (Å²) >= 11 is 0. The number of hydrogen-bond donors (Lipinski definition) is 1. The van der Waals surface area contributed by atoms with Gasteiger partial charge in [0.05, 0.1) is 6.54 Å². The summed E-state index contributed by atoms with van der Waals surface area (Å²) < 4.78 is 2.22. The third kappa shape index (κ3) is 2.61. The second-order valence-electron chi connectivity index (χ2n) is 4.94. The predicted octanol–water partition coefficient (Wildman–Crippen LogP) is 2.14. The van der Waals surface area contributed by atoms with Crippen molar-refractivity contribution in [2.24, 2.45) is 5.92 Å². The Morgan fingerprint density at radius 1 is 1.50 bits per heavy atom. The number of nitrogens with one attached hydrogen (secondary N) is 1. The first-order valence-electron chi connectivity index (χ1n) is 6.34. The van der Waals surface area contributed by atoms with E-state index in [1.807, 2.05) is 6.33 Å². The van der Waals surface area contributed by atoms with Gasteiger partial charge in [-0.15, -0.1) is 10.2 Å². The summed E-state index contributed by atoms with van der Waals surface area (Å²) in [5.41, 5.74) is 0. The molecule has 1 N–H and O–H groups in total. The largest absolute Gasteiger partial charge is 0.313 e. The highest BCUT2D eigenvalue weighted by Crippen LogP contribution is 2.35. The summed E-state index contributed by atoms with van der Waals surface area (Å²) in [5.74, 6) is 1.79. The number of rotatable bonds is 6. The lowest BCUT2D eigenvalue weighted by molar-refractivity contribution is 0.382. The van der Waals surface area contributed by atoms with Crippen LogP contribution >= 0.6 is 0 Å². The molecule has 4 heteroatoms. The van der Waals surface area contributed by atoms with Crippen molar-refractivity contribution in [2.45, 2.75) is 58.7 Å². The fraction of sp³-hybridized carbons (Fsp3) is 0.833. The molecule has 0 aromatic carbocycles. The first-order valence-corrected chi connectivity index (χ1v) is 6.34. The molecule has 16 heavy (non-hydrogen) atoms. The molecule has 1 saturated carbocycles. The molecule has 0 spiro atoms. The zero-order chi connectivity index (χ0) is 11.5. The van der Waals surface area contributed by atoms with E-state index in [0.717, 1.165) is 12.4 Å². The van der Waals surface area contributed by atoms with Crippen LogP contribution in [0.25, 0.3) is 0 Å². The Hall–Kier alpha value is -0.900. The van der Waals surface area contributed by atoms with Crippen molar-refractivity contribution in [3.8, 4) is 0 Å². The highest BCUT2D eigenvalue weighted by atomic mass is 15.3. The van der Waals surface area contributed by atoms with Crippen LogP contribution in [0.2, 0.25) is 0 Å². The maximum Gasteiger partial charge on any atom is 0.147 e. The Morgan fingerprint density at radius 2 is 2.25 bits per heavy atom. The van der Waals surface area contributed by atoms with Crippen LogP contribution < -0.4 is 5.32 Å². The van der Waals surface area contributed by atoms with Crippen LogP contribution in [0.1, 0.15) is 51.9 Å². The topological polar surface area (TPSA) is 42.7 Å². The molecule has 1 aliphatic carbocycles. The lowest BCUT2D eigenvalue weighted by atomic mass is 10.0. The molecule has 0 aliphatic heterocycles. The van der Waals surface area contributed by atoms with E-state index < -0.39 is 0 Å². The fourth-order valence-electron chi connectivity index (χ4n) is 1.86. The van der Waals surface area contributed by atoms with Crippen LogP contribution in [0.15, 0.2) is 6.33 Å². The average Bonchev–Trinajstić information content (AvgIpc) is 3.04. The average molecular weight is 222 g/mol. The monoisotopic (exact) mass is 222 g/mol. The van der Waals surface area contributed by atoms with Crippen LogP contribution in [0, 0.1) is 5.92 Å². The van der Waals surface area contributed by atoms with Gasteiger partial charge >= 0.3 is 0 Å². The minimum atomic E-state index is 0.536. The minimum absolute atomic E-state index is 0.536. The minimum Gasteiger partial charge on any atom is -0.313 e. The molecule has 4 nitrogen and oxygen atoms in total. The van der Waals surface area contributed by atoms with Crippen molar-refractivity contribution >= 4 is 0 Å². The first kappa shape index (κ1) is 11.6. The second kappa shape index (κ2) is 4.95. The number of aromatic nitrogens is 3. The van der Waals surface area contributed by atoms with Crippen molar-refractivity contribution in [1.29, 1.82) is 0 Å². The van der Waals surface area contributed by atoms with Crippen molar-refractivity contribution in [1.82, 2.24) is 20.1 Å².